The van der Waals surface area contributed by atoms with Gasteiger partial charge in [-0.1, -0.05) is 13.8 Å². The molecule has 0 aromatic rings. The number of hydroxylamine groups is 4. The topological polar surface area (TPSA) is 129 Å². The van der Waals surface area contributed by atoms with E-state index in [4.69, 9.17) is 13.8 Å². The second-order valence-electron chi connectivity index (χ2n) is 5.41. The molecule has 1 aliphatic heterocycles. The lowest BCUT2D eigenvalue weighted by atomic mass is 10.3. The monoisotopic (exact) mass is 376 g/mol. The number of hydrogen-bond donors (Lipinski definition) is 3. The van der Waals surface area contributed by atoms with E-state index in [1.54, 1.807) is 13.8 Å². The van der Waals surface area contributed by atoms with E-state index >= 15 is 0 Å². The van der Waals surface area contributed by atoms with Crippen molar-refractivity contribution in [1.82, 2.24) is 10.1 Å². The van der Waals surface area contributed by atoms with E-state index in [9.17, 15) is 24.0 Å². The fourth-order valence-electron chi connectivity index (χ4n) is 1.65. The SMILES string of the molecule is CCCOP(=O)(O)ON1CCN(OP(=O)(O)C(C)(O)CC)CC1. The highest BCUT2D eigenvalue weighted by Gasteiger charge is 2.44. The van der Waals surface area contributed by atoms with Gasteiger partial charge in [-0.05, 0) is 19.8 Å². The number of piperazine rings is 1. The summed E-state index contributed by atoms with van der Waals surface area (Å²) >= 11 is 0. The van der Waals surface area contributed by atoms with Crippen molar-refractivity contribution in [3.05, 3.63) is 0 Å². The Morgan fingerprint density at radius 2 is 1.52 bits per heavy atom. The smallest absolute Gasteiger partial charge is 0.377 e. The molecule has 0 aliphatic carbocycles. The molecule has 1 heterocycles. The van der Waals surface area contributed by atoms with Crippen molar-refractivity contribution in [2.24, 2.45) is 0 Å². The molecule has 3 atom stereocenters. The van der Waals surface area contributed by atoms with E-state index in [1.165, 1.54) is 17.1 Å². The molecule has 1 rings (SSSR count). The van der Waals surface area contributed by atoms with Crippen LogP contribution in [0, 0.1) is 0 Å². The number of nitrogens with zero attached hydrogens (tertiary/aromatic N) is 2. The first-order valence-corrected chi connectivity index (χ1v) is 10.5. The van der Waals surface area contributed by atoms with Gasteiger partial charge in [0.25, 0.3) is 0 Å². The minimum absolute atomic E-state index is 0.0618. The van der Waals surface area contributed by atoms with Crippen LogP contribution in [0.15, 0.2) is 0 Å². The zero-order chi connectivity index (χ0) is 17.7. The minimum atomic E-state index is -4.25. The third kappa shape index (κ3) is 6.51. The average Bonchev–Trinajstić information content (AvgIpc) is 2.46. The van der Waals surface area contributed by atoms with Crippen LogP contribution in [0.5, 0.6) is 0 Å². The van der Waals surface area contributed by atoms with Crippen molar-refractivity contribution >= 4 is 15.4 Å². The van der Waals surface area contributed by atoms with Gasteiger partial charge in [0.2, 0.25) is 0 Å². The van der Waals surface area contributed by atoms with Crippen LogP contribution in [0.25, 0.3) is 0 Å². The summed E-state index contributed by atoms with van der Waals surface area (Å²) in [7, 11) is -8.39. The fraction of sp³-hybridized carbons (Fsp3) is 1.00. The van der Waals surface area contributed by atoms with Crippen LogP contribution in [0.1, 0.15) is 33.6 Å². The number of aliphatic hydroxyl groups is 1. The lowest BCUT2D eigenvalue weighted by Gasteiger charge is -2.36. The quantitative estimate of drug-likeness (QED) is 0.506. The van der Waals surface area contributed by atoms with Crippen molar-refractivity contribution in [3.8, 4) is 0 Å². The van der Waals surface area contributed by atoms with Crippen LogP contribution < -0.4 is 0 Å². The van der Waals surface area contributed by atoms with Crippen molar-refractivity contribution in [2.75, 3.05) is 32.8 Å². The Bertz CT molecular complexity index is 467. The van der Waals surface area contributed by atoms with Gasteiger partial charge >= 0.3 is 15.4 Å². The highest BCUT2D eigenvalue weighted by atomic mass is 31.2. The summed E-state index contributed by atoms with van der Waals surface area (Å²) in [6, 6.07) is 0. The van der Waals surface area contributed by atoms with E-state index in [-0.39, 0.29) is 39.2 Å². The van der Waals surface area contributed by atoms with Crippen molar-refractivity contribution in [2.45, 2.75) is 39.0 Å². The van der Waals surface area contributed by atoms with Gasteiger partial charge < -0.3 is 14.9 Å². The summed E-state index contributed by atoms with van der Waals surface area (Å²) in [5, 5.41) is 10.5. The highest BCUT2D eigenvalue weighted by Crippen LogP contribution is 2.56. The van der Waals surface area contributed by atoms with Gasteiger partial charge in [-0.3, -0.25) is 9.09 Å². The summed E-state index contributed by atoms with van der Waals surface area (Å²) in [6.07, 6.45) is 0.644. The molecule has 23 heavy (non-hydrogen) atoms. The zero-order valence-corrected chi connectivity index (χ0v) is 15.4. The molecular weight excluding hydrogens is 350 g/mol. The molecule has 0 saturated carbocycles. The third-order valence-corrected chi connectivity index (χ3v) is 6.31. The molecule has 3 N–H and O–H groups in total. The molecule has 0 aromatic heterocycles. The van der Waals surface area contributed by atoms with Gasteiger partial charge in [0.05, 0.1) is 6.61 Å². The third-order valence-electron chi connectivity index (χ3n) is 3.38. The van der Waals surface area contributed by atoms with Crippen LogP contribution in [0.2, 0.25) is 0 Å². The van der Waals surface area contributed by atoms with Crippen LogP contribution >= 0.6 is 15.4 Å². The first kappa shape index (κ1) is 21.2. The number of rotatable bonds is 9. The second-order valence-corrected chi connectivity index (χ2v) is 8.94. The van der Waals surface area contributed by atoms with Crippen LogP contribution in [0.3, 0.4) is 0 Å². The highest BCUT2D eigenvalue weighted by molar-refractivity contribution is 7.54. The standard InChI is InChI=1S/C11H26N2O8P2/c1-4-10-19-23(17,18)21-13-8-6-12(7-9-13)20-22(15,16)11(3,14)5-2/h14H,4-10H2,1-3H3,(H,15,16)(H,17,18). The molecule has 138 valence electrons. The molecule has 1 aliphatic rings. The van der Waals surface area contributed by atoms with Crippen LogP contribution in [-0.2, 0) is 22.9 Å². The average molecular weight is 376 g/mol. The van der Waals surface area contributed by atoms with Crippen LogP contribution in [-0.4, -0.2) is 63.1 Å². The van der Waals surface area contributed by atoms with Crippen molar-refractivity contribution in [3.63, 3.8) is 0 Å². The summed E-state index contributed by atoms with van der Waals surface area (Å²) in [5.74, 6) is 0. The minimum Gasteiger partial charge on any atom is -0.377 e. The normalized spacial score (nSPS) is 25.5. The molecule has 10 nitrogen and oxygen atoms in total. The first-order chi connectivity index (χ1) is 10.5. The van der Waals surface area contributed by atoms with Crippen LogP contribution in [0.4, 0.5) is 0 Å². The van der Waals surface area contributed by atoms with E-state index in [0.717, 1.165) is 0 Å². The number of phosphoric ester groups is 1. The lowest BCUT2D eigenvalue weighted by molar-refractivity contribution is -0.170. The predicted octanol–water partition coefficient (Wildman–Crippen LogP) is 1.30. The molecular formula is C11H26N2O8P2. The summed E-state index contributed by atoms with van der Waals surface area (Å²) in [6.45, 7) is 5.40. The molecule has 0 spiro atoms. The molecule has 0 radical (unpaired) electrons. The summed E-state index contributed by atoms with van der Waals surface area (Å²) in [5.41, 5.74) is 0. The van der Waals surface area contributed by atoms with E-state index in [0.29, 0.717) is 6.42 Å². The zero-order valence-electron chi connectivity index (χ0n) is 13.6. The maximum Gasteiger partial charge on any atom is 0.489 e. The predicted molar refractivity (Wildman–Crippen MR) is 82.1 cm³/mol. The molecule has 3 unspecified atom stereocenters. The molecule has 12 heteroatoms. The van der Waals surface area contributed by atoms with Gasteiger partial charge in [-0.2, -0.15) is 14.8 Å². The Balaban J connectivity index is 2.47. The molecule has 0 bridgehead atoms. The molecule has 0 amide bonds. The first-order valence-electron chi connectivity index (χ1n) is 7.45. The number of phosphoric acid groups is 1. The van der Waals surface area contributed by atoms with Gasteiger partial charge in [0.1, 0.15) is 0 Å². The van der Waals surface area contributed by atoms with Crippen molar-refractivity contribution < 1.29 is 37.8 Å². The fourth-order valence-corrected chi connectivity index (χ4v) is 3.62. The second kappa shape index (κ2) is 8.49. The Morgan fingerprint density at radius 3 is 1.96 bits per heavy atom. The van der Waals surface area contributed by atoms with Gasteiger partial charge in [-0.25, -0.2) is 9.19 Å². The molecule has 0 aromatic carbocycles. The number of hydrogen-bond acceptors (Lipinski definition) is 8. The van der Waals surface area contributed by atoms with Gasteiger partial charge in [0.15, 0.2) is 5.34 Å². The Morgan fingerprint density at radius 1 is 1.04 bits per heavy atom. The van der Waals surface area contributed by atoms with E-state index in [1.807, 2.05) is 0 Å². The summed E-state index contributed by atoms with van der Waals surface area (Å²) in [4.78, 5) is 19.3. The molecule has 1 fully saturated rings. The van der Waals surface area contributed by atoms with E-state index < -0.39 is 20.8 Å². The Labute approximate surface area is 136 Å². The lowest BCUT2D eigenvalue weighted by Crippen LogP contribution is -2.46. The maximum absolute atomic E-state index is 12.1. The summed E-state index contributed by atoms with van der Waals surface area (Å²) < 4.78 is 38.4. The van der Waals surface area contributed by atoms with Gasteiger partial charge in [-0.15, -0.1) is 0 Å². The van der Waals surface area contributed by atoms with E-state index in [2.05, 4.69) is 0 Å². The Hall–Kier alpha value is 0.140. The molecule has 1 saturated heterocycles. The van der Waals surface area contributed by atoms with Crippen molar-refractivity contribution in [1.29, 1.82) is 0 Å². The maximum atomic E-state index is 12.1. The largest absolute Gasteiger partial charge is 0.489 e. The van der Waals surface area contributed by atoms with Gasteiger partial charge in [0, 0.05) is 26.2 Å². The Kier molecular flexibility index (Phi) is 7.82.